The molecule has 0 aliphatic rings. The Morgan fingerprint density at radius 2 is 1.74 bits per heavy atom. The lowest BCUT2D eigenvalue weighted by molar-refractivity contribution is 0.0936. The normalized spacial score (nSPS) is 12.2. The molecule has 0 saturated carbocycles. The number of carbonyl (C=O) groups is 1. The van der Waals surface area contributed by atoms with E-state index in [0.29, 0.717) is 23.9 Å². The highest BCUT2D eigenvalue weighted by Gasteiger charge is 2.20. The van der Waals surface area contributed by atoms with E-state index in [2.05, 4.69) is 46.4 Å². The molecule has 0 spiro atoms. The molecule has 0 saturated heterocycles. The van der Waals surface area contributed by atoms with Crippen LogP contribution in [0.1, 0.15) is 33.4 Å². The molecule has 1 aromatic heterocycles. The molecule has 1 N–H and O–H groups in total. The van der Waals surface area contributed by atoms with E-state index in [4.69, 9.17) is 4.42 Å². The monoisotopic (exact) mass is 363 g/mol. The van der Waals surface area contributed by atoms with E-state index < -0.39 is 0 Å². The van der Waals surface area contributed by atoms with Crippen LogP contribution in [-0.4, -0.2) is 36.4 Å². The molecular weight excluding hydrogens is 338 g/mol. The maximum atomic E-state index is 12.7. The number of carbonyl (C=O) groups excluding carboxylic acids is 1. The van der Waals surface area contributed by atoms with Gasteiger partial charge in [-0.3, -0.25) is 4.79 Å². The minimum Gasteiger partial charge on any atom is -0.441 e. The second kappa shape index (κ2) is 8.18. The minimum atomic E-state index is -0.225. The van der Waals surface area contributed by atoms with Crippen molar-refractivity contribution in [3.63, 3.8) is 0 Å². The van der Waals surface area contributed by atoms with Crippen LogP contribution in [0.4, 0.5) is 0 Å². The third kappa shape index (κ3) is 4.44. The first kappa shape index (κ1) is 18.9. The van der Waals surface area contributed by atoms with Crippen molar-refractivity contribution in [1.82, 2.24) is 15.2 Å². The molecule has 0 radical (unpaired) electrons. The number of hydrogen-bond donors (Lipinski definition) is 1. The van der Waals surface area contributed by atoms with Gasteiger partial charge in [0.1, 0.15) is 5.76 Å². The summed E-state index contributed by atoms with van der Waals surface area (Å²) in [6.07, 6.45) is 0. The Balaban J connectivity index is 1.73. The maximum absolute atomic E-state index is 12.7. The van der Waals surface area contributed by atoms with Gasteiger partial charge in [0, 0.05) is 12.1 Å². The van der Waals surface area contributed by atoms with Gasteiger partial charge in [0.25, 0.3) is 5.91 Å². The quantitative estimate of drug-likeness (QED) is 0.719. The topological polar surface area (TPSA) is 58.4 Å². The first-order valence-corrected chi connectivity index (χ1v) is 8.99. The summed E-state index contributed by atoms with van der Waals surface area (Å²) < 4.78 is 5.69. The average molecular weight is 363 g/mol. The summed E-state index contributed by atoms with van der Waals surface area (Å²) in [7, 11) is 4.01. The van der Waals surface area contributed by atoms with E-state index in [0.717, 1.165) is 11.1 Å². The first-order chi connectivity index (χ1) is 13.0. The van der Waals surface area contributed by atoms with Crippen LogP contribution < -0.4 is 5.32 Å². The molecule has 0 aliphatic heterocycles. The molecule has 3 rings (SSSR count). The van der Waals surface area contributed by atoms with Crippen LogP contribution in [0.3, 0.4) is 0 Å². The fourth-order valence-corrected chi connectivity index (χ4v) is 2.97. The van der Waals surface area contributed by atoms with Crippen LogP contribution in [0.15, 0.2) is 59.0 Å². The highest BCUT2D eigenvalue weighted by Crippen LogP contribution is 2.22. The number of nitrogens with zero attached hydrogens (tertiary/aromatic N) is 2. The third-order valence-electron chi connectivity index (χ3n) is 4.57. The molecule has 27 heavy (non-hydrogen) atoms. The summed E-state index contributed by atoms with van der Waals surface area (Å²) in [5.74, 6) is 0.751. The lowest BCUT2D eigenvalue weighted by Crippen LogP contribution is -2.35. The Bertz CT molecular complexity index is 899. The number of nitrogens with one attached hydrogen (secondary N) is 1. The van der Waals surface area contributed by atoms with Crippen molar-refractivity contribution >= 4 is 5.91 Å². The van der Waals surface area contributed by atoms with Gasteiger partial charge < -0.3 is 14.6 Å². The number of likely N-dealkylation sites (N-methyl/N-ethyl adjacent to an activating group) is 1. The number of benzene rings is 2. The lowest BCUT2D eigenvalue weighted by Gasteiger charge is -2.25. The van der Waals surface area contributed by atoms with Gasteiger partial charge >= 0.3 is 0 Å². The van der Waals surface area contributed by atoms with Gasteiger partial charge in [-0.15, -0.1) is 0 Å². The van der Waals surface area contributed by atoms with Crippen molar-refractivity contribution < 1.29 is 9.21 Å². The molecule has 140 valence electrons. The fraction of sp³-hybridized carbons (Fsp3) is 0.273. The van der Waals surface area contributed by atoms with E-state index in [-0.39, 0.29) is 11.9 Å². The van der Waals surface area contributed by atoms with Gasteiger partial charge in [-0.1, -0.05) is 48.0 Å². The largest absolute Gasteiger partial charge is 0.441 e. The Hall–Kier alpha value is -2.92. The summed E-state index contributed by atoms with van der Waals surface area (Å²) in [6, 6.07) is 18.0. The molecule has 2 aromatic carbocycles. The van der Waals surface area contributed by atoms with E-state index in [9.17, 15) is 4.79 Å². The number of aryl methyl sites for hydroxylation is 2. The van der Waals surface area contributed by atoms with E-state index in [1.54, 1.807) is 6.92 Å². The predicted octanol–water partition coefficient (Wildman–Crippen LogP) is 3.99. The fourth-order valence-electron chi connectivity index (χ4n) is 2.97. The van der Waals surface area contributed by atoms with Crippen molar-refractivity contribution in [1.29, 1.82) is 0 Å². The second-order valence-corrected chi connectivity index (χ2v) is 6.89. The number of aromatic nitrogens is 1. The van der Waals surface area contributed by atoms with Crippen molar-refractivity contribution in [3.05, 3.63) is 77.2 Å². The Morgan fingerprint density at radius 3 is 2.37 bits per heavy atom. The van der Waals surface area contributed by atoms with E-state index in [1.807, 2.05) is 44.4 Å². The second-order valence-electron chi connectivity index (χ2n) is 6.89. The van der Waals surface area contributed by atoms with Crippen molar-refractivity contribution in [2.45, 2.75) is 19.9 Å². The molecule has 1 heterocycles. The average Bonchev–Trinajstić information content (AvgIpc) is 3.05. The van der Waals surface area contributed by atoms with Gasteiger partial charge in [-0.2, -0.15) is 0 Å². The number of hydrogen-bond acceptors (Lipinski definition) is 4. The minimum absolute atomic E-state index is 0.0790. The lowest BCUT2D eigenvalue weighted by atomic mass is 10.0. The van der Waals surface area contributed by atoms with Crippen molar-refractivity contribution in [3.8, 4) is 11.5 Å². The summed E-state index contributed by atoms with van der Waals surface area (Å²) in [4.78, 5) is 19.2. The summed E-state index contributed by atoms with van der Waals surface area (Å²) in [6.45, 7) is 4.31. The number of oxazole rings is 1. The molecule has 0 bridgehead atoms. The molecule has 3 aromatic rings. The zero-order chi connectivity index (χ0) is 19.4. The molecule has 1 atom stereocenters. The van der Waals surface area contributed by atoms with Crippen LogP contribution >= 0.6 is 0 Å². The number of amides is 1. The standard InChI is InChI=1S/C22H25N3O2/c1-15-10-12-17(13-11-15)19(25(3)4)14-23-21(26)20-16(2)27-22(24-20)18-8-6-5-7-9-18/h5-13,19H,14H2,1-4H3,(H,23,26). The van der Waals surface area contributed by atoms with Gasteiger partial charge in [0.05, 0.1) is 6.04 Å². The highest BCUT2D eigenvalue weighted by atomic mass is 16.4. The van der Waals surface area contributed by atoms with Crippen LogP contribution in [-0.2, 0) is 0 Å². The first-order valence-electron chi connectivity index (χ1n) is 8.99. The third-order valence-corrected chi connectivity index (χ3v) is 4.57. The van der Waals surface area contributed by atoms with E-state index >= 15 is 0 Å². The van der Waals surface area contributed by atoms with Crippen LogP contribution in [0, 0.1) is 13.8 Å². The SMILES string of the molecule is Cc1ccc(C(CNC(=O)c2nc(-c3ccccc3)oc2C)N(C)C)cc1. The Morgan fingerprint density at radius 1 is 1.07 bits per heavy atom. The Labute approximate surface area is 160 Å². The van der Waals surface area contributed by atoms with Gasteiger partial charge in [-0.05, 0) is 45.6 Å². The number of rotatable bonds is 6. The maximum Gasteiger partial charge on any atom is 0.273 e. The predicted molar refractivity (Wildman–Crippen MR) is 107 cm³/mol. The summed E-state index contributed by atoms with van der Waals surface area (Å²) in [5.41, 5.74) is 3.56. The summed E-state index contributed by atoms with van der Waals surface area (Å²) >= 11 is 0. The molecular formula is C22H25N3O2. The molecule has 1 unspecified atom stereocenters. The van der Waals surface area contributed by atoms with Crippen molar-refractivity contribution in [2.24, 2.45) is 0 Å². The van der Waals surface area contributed by atoms with E-state index in [1.165, 1.54) is 5.56 Å². The zero-order valence-electron chi connectivity index (χ0n) is 16.2. The van der Waals surface area contributed by atoms with Crippen LogP contribution in [0.5, 0.6) is 0 Å². The molecule has 5 nitrogen and oxygen atoms in total. The highest BCUT2D eigenvalue weighted by molar-refractivity contribution is 5.93. The van der Waals surface area contributed by atoms with Gasteiger partial charge in [0.15, 0.2) is 5.69 Å². The van der Waals surface area contributed by atoms with Crippen LogP contribution in [0.25, 0.3) is 11.5 Å². The smallest absolute Gasteiger partial charge is 0.273 e. The summed E-state index contributed by atoms with van der Waals surface area (Å²) in [5, 5.41) is 3.00. The van der Waals surface area contributed by atoms with Crippen molar-refractivity contribution in [2.75, 3.05) is 20.6 Å². The van der Waals surface area contributed by atoms with Gasteiger partial charge in [0.2, 0.25) is 5.89 Å². The molecule has 0 fully saturated rings. The molecule has 1 amide bonds. The molecule has 0 aliphatic carbocycles. The van der Waals surface area contributed by atoms with Crippen LogP contribution in [0.2, 0.25) is 0 Å². The molecule has 5 heteroatoms. The van der Waals surface area contributed by atoms with Gasteiger partial charge in [-0.25, -0.2) is 4.98 Å². The Kier molecular flexibility index (Phi) is 5.72. The zero-order valence-corrected chi connectivity index (χ0v) is 16.2.